The van der Waals surface area contributed by atoms with Crippen LogP contribution in [0.4, 0.5) is 0 Å². The SMILES string of the molecule is CC(/C=C/C=C(\C)CCC1=C(O)CCC[C@@H]1c1cccnc1)=C\C(=O)O. The molecule has 0 aliphatic heterocycles. The Morgan fingerprint density at radius 1 is 1.38 bits per heavy atom. The summed E-state index contributed by atoms with van der Waals surface area (Å²) in [5.41, 5.74) is 4.19. The molecule has 0 radical (unpaired) electrons. The third-order valence-corrected chi connectivity index (χ3v) is 4.66. The molecule has 0 amide bonds. The lowest BCUT2D eigenvalue weighted by Crippen LogP contribution is -2.11. The molecule has 2 rings (SSSR count). The largest absolute Gasteiger partial charge is 0.512 e. The summed E-state index contributed by atoms with van der Waals surface area (Å²) in [6.45, 7) is 3.82. The van der Waals surface area contributed by atoms with Gasteiger partial charge in [-0.2, -0.15) is 0 Å². The monoisotopic (exact) mass is 353 g/mol. The van der Waals surface area contributed by atoms with Crippen LogP contribution in [0.2, 0.25) is 0 Å². The number of rotatable bonds is 7. The van der Waals surface area contributed by atoms with Crippen LogP contribution in [0, 0.1) is 0 Å². The van der Waals surface area contributed by atoms with Crippen molar-refractivity contribution in [2.24, 2.45) is 0 Å². The molecule has 0 spiro atoms. The molecule has 1 aliphatic carbocycles. The summed E-state index contributed by atoms with van der Waals surface area (Å²) in [7, 11) is 0. The zero-order chi connectivity index (χ0) is 18.9. The second-order valence-electron chi connectivity index (χ2n) is 6.80. The van der Waals surface area contributed by atoms with Gasteiger partial charge in [-0.1, -0.05) is 29.9 Å². The second-order valence-corrected chi connectivity index (χ2v) is 6.80. The zero-order valence-electron chi connectivity index (χ0n) is 15.5. The van der Waals surface area contributed by atoms with E-state index in [9.17, 15) is 9.90 Å². The molecule has 1 heterocycles. The normalized spacial score (nSPS) is 19.2. The molecule has 1 aromatic heterocycles. The van der Waals surface area contributed by atoms with Crippen LogP contribution in [0.25, 0.3) is 0 Å². The van der Waals surface area contributed by atoms with Crippen molar-refractivity contribution in [3.8, 4) is 0 Å². The Balaban J connectivity index is 2.02. The summed E-state index contributed by atoms with van der Waals surface area (Å²) in [4.78, 5) is 14.8. The Bertz CT molecular complexity index is 742. The third-order valence-electron chi connectivity index (χ3n) is 4.66. The molecule has 2 N–H and O–H groups in total. The number of aromatic nitrogens is 1. The minimum absolute atomic E-state index is 0.251. The van der Waals surface area contributed by atoms with Crippen LogP contribution >= 0.6 is 0 Å². The minimum Gasteiger partial charge on any atom is -0.512 e. The van der Waals surface area contributed by atoms with Gasteiger partial charge in [0.05, 0.1) is 5.76 Å². The van der Waals surface area contributed by atoms with E-state index in [0.29, 0.717) is 11.3 Å². The fourth-order valence-corrected chi connectivity index (χ4v) is 3.30. The van der Waals surface area contributed by atoms with Gasteiger partial charge in [-0.3, -0.25) is 4.98 Å². The van der Waals surface area contributed by atoms with Gasteiger partial charge in [-0.25, -0.2) is 4.79 Å². The molecule has 0 saturated heterocycles. The smallest absolute Gasteiger partial charge is 0.328 e. The molecule has 4 nitrogen and oxygen atoms in total. The number of carbonyl (C=O) groups is 1. The maximum atomic E-state index is 10.6. The molecule has 0 fully saturated rings. The van der Waals surface area contributed by atoms with E-state index in [-0.39, 0.29) is 5.92 Å². The van der Waals surface area contributed by atoms with Gasteiger partial charge in [0.1, 0.15) is 0 Å². The van der Waals surface area contributed by atoms with Crippen LogP contribution in [0.1, 0.15) is 57.4 Å². The highest BCUT2D eigenvalue weighted by Crippen LogP contribution is 2.39. The maximum absolute atomic E-state index is 10.6. The first-order chi connectivity index (χ1) is 12.5. The number of nitrogens with zero attached hydrogens (tertiary/aromatic N) is 1. The van der Waals surface area contributed by atoms with Gasteiger partial charge in [-0.15, -0.1) is 0 Å². The van der Waals surface area contributed by atoms with E-state index in [1.54, 1.807) is 19.2 Å². The quantitative estimate of drug-likeness (QED) is 0.503. The number of aliphatic hydroxyl groups is 1. The van der Waals surface area contributed by atoms with E-state index in [2.05, 4.69) is 18.0 Å². The Morgan fingerprint density at radius 3 is 2.88 bits per heavy atom. The lowest BCUT2D eigenvalue weighted by atomic mass is 9.80. The highest BCUT2D eigenvalue weighted by atomic mass is 16.4. The number of pyridine rings is 1. The number of aliphatic hydroxyl groups excluding tert-OH is 1. The van der Waals surface area contributed by atoms with Gasteiger partial charge in [0.15, 0.2) is 0 Å². The molecule has 0 unspecified atom stereocenters. The number of hydrogen-bond donors (Lipinski definition) is 2. The Kier molecular flexibility index (Phi) is 7.39. The van der Waals surface area contributed by atoms with Crippen LogP contribution in [0.3, 0.4) is 0 Å². The molecule has 1 atom stereocenters. The van der Waals surface area contributed by atoms with Crippen molar-refractivity contribution < 1.29 is 15.0 Å². The lowest BCUT2D eigenvalue weighted by molar-refractivity contribution is -0.131. The summed E-state index contributed by atoms with van der Waals surface area (Å²) < 4.78 is 0. The topological polar surface area (TPSA) is 70.4 Å². The van der Waals surface area contributed by atoms with E-state index in [4.69, 9.17) is 5.11 Å². The molecule has 0 bridgehead atoms. The molecular weight excluding hydrogens is 326 g/mol. The molecule has 4 heteroatoms. The van der Waals surface area contributed by atoms with E-state index < -0.39 is 5.97 Å². The first kappa shape index (κ1) is 19.7. The lowest BCUT2D eigenvalue weighted by Gasteiger charge is -2.26. The Hall–Kier alpha value is -2.62. The molecule has 0 aromatic carbocycles. The Labute approximate surface area is 155 Å². The average Bonchev–Trinajstić information content (AvgIpc) is 2.60. The van der Waals surface area contributed by atoms with Crippen molar-refractivity contribution >= 4 is 5.97 Å². The first-order valence-corrected chi connectivity index (χ1v) is 9.03. The van der Waals surface area contributed by atoms with Crippen molar-refractivity contribution in [1.29, 1.82) is 0 Å². The highest BCUT2D eigenvalue weighted by Gasteiger charge is 2.24. The number of allylic oxidation sites excluding steroid dienone is 7. The third kappa shape index (κ3) is 6.03. The van der Waals surface area contributed by atoms with Gasteiger partial charge in [0, 0.05) is 30.8 Å². The number of aliphatic carboxylic acids is 1. The van der Waals surface area contributed by atoms with E-state index in [0.717, 1.165) is 37.7 Å². The molecule has 1 aromatic rings. The summed E-state index contributed by atoms with van der Waals surface area (Å²) in [6, 6.07) is 4.03. The molecule has 1 aliphatic rings. The molecule has 0 saturated carbocycles. The van der Waals surface area contributed by atoms with Crippen LogP contribution in [0.15, 0.2) is 71.3 Å². The van der Waals surface area contributed by atoms with Crippen molar-refractivity contribution in [3.05, 3.63) is 76.9 Å². The van der Waals surface area contributed by atoms with Crippen LogP contribution in [0.5, 0.6) is 0 Å². The van der Waals surface area contributed by atoms with Gasteiger partial charge >= 0.3 is 5.97 Å². The zero-order valence-corrected chi connectivity index (χ0v) is 15.5. The van der Waals surface area contributed by atoms with Crippen LogP contribution in [-0.4, -0.2) is 21.2 Å². The highest BCUT2D eigenvalue weighted by molar-refractivity contribution is 5.81. The summed E-state index contributed by atoms with van der Waals surface area (Å²) in [5, 5.41) is 19.1. The van der Waals surface area contributed by atoms with Gasteiger partial charge in [0.2, 0.25) is 0 Å². The Morgan fingerprint density at radius 2 is 2.19 bits per heavy atom. The van der Waals surface area contributed by atoms with Crippen molar-refractivity contribution in [3.63, 3.8) is 0 Å². The van der Waals surface area contributed by atoms with E-state index in [1.165, 1.54) is 17.2 Å². The molecular formula is C22H27NO3. The fourth-order valence-electron chi connectivity index (χ4n) is 3.30. The van der Waals surface area contributed by atoms with Crippen LogP contribution in [-0.2, 0) is 4.79 Å². The first-order valence-electron chi connectivity index (χ1n) is 9.03. The standard InChI is InChI=1S/C22H27NO3/c1-16(6-3-7-17(2)14-22(25)26)11-12-20-19(9-4-10-21(20)24)18-8-5-13-23-15-18/h3,5-8,13-15,19,24H,4,9-12H2,1-2H3,(H,25,26)/b7-3+,16-6+,17-14+/t19-/m1/s1. The van der Waals surface area contributed by atoms with Crippen molar-refractivity contribution in [1.82, 2.24) is 4.98 Å². The average molecular weight is 353 g/mol. The predicted molar refractivity (Wildman–Crippen MR) is 104 cm³/mol. The van der Waals surface area contributed by atoms with E-state index in [1.807, 2.05) is 24.4 Å². The van der Waals surface area contributed by atoms with E-state index >= 15 is 0 Å². The summed E-state index contributed by atoms with van der Waals surface area (Å²) >= 11 is 0. The number of hydrogen-bond acceptors (Lipinski definition) is 3. The van der Waals surface area contributed by atoms with Gasteiger partial charge in [0.25, 0.3) is 0 Å². The summed E-state index contributed by atoms with van der Waals surface area (Å²) in [5.74, 6) is -0.149. The number of carboxylic acids is 1. The molecule has 26 heavy (non-hydrogen) atoms. The second kappa shape index (κ2) is 9.76. The minimum atomic E-state index is -0.936. The number of carboxylic acid groups (broad SMARTS) is 1. The summed E-state index contributed by atoms with van der Waals surface area (Å²) in [6.07, 6.45) is 15.0. The predicted octanol–water partition coefficient (Wildman–Crippen LogP) is 5.47. The van der Waals surface area contributed by atoms with Crippen molar-refractivity contribution in [2.45, 2.75) is 51.9 Å². The molecule has 138 valence electrons. The van der Waals surface area contributed by atoms with Crippen LogP contribution < -0.4 is 0 Å². The van der Waals surface area contributed by atoms with Crippen molar-refractivity contribution in [2.75, 3.05) is 0 Å². The van der Waals surface area contributed by atoms with Gasteiger partial charge in [-0.05, 0) is 62.3 Å². The maximum Gasteiger partial charge on any atom is 0.328 e. The van der Waals surface area contributed by atoms with Gasteiger partial charge < -0.3 is 10.2 Å². The fraction of sp³-hybridized carbons (Fsp3) is 0.364.